The zero-order valence-corrected chi connectivity index (χ0v) is 14.4. The molecule has 0 fully saturated rings. The van der Waals surface area contributed by atoms with Crippen molar-refractivity contribution in [3.63, 3.8) is 0 Å². The van der Waals surface area contributed by atoms with Gasteiger partial charge in [-0.2, -0.15) is 4.98 Å². The fourth-order valence-electron chi connectivity index (χ4n) is 1.87. The molecule has 0 saturated heterocycles. The van der Waals surface area contributed by atoms with Gasteiger partial charge in [-0.05, 0) is 27.9 Å². The number of likely N-dealkylation sites (N-methyl/N-ethyl adjacent to an activating group) is 2. The van der Waals surface area contributed by atoms with E-state index >= 15 is 0 Å². The van der Waals surface area contributed by atoms with Crippen molar-refractivity contribution in [2.45, 2.75) is 20.0 Å². The minimum atomic E-state index is -1.35. The predicted octanol–water partition coefficient (Wildman–Crippen LogP) is 1.86. The normalized spacial score (nSPS) is 10.8. The van der Waals surface area contributed by atoms with Crippen LogP contribution in [0.25, 0.3) is 0 Å². The molecule has 1 aromatic heterocycles. The van der Waals surface area contributed by atoms with Crippen molar-refractivity contribution in [1.82, 2.24) is 9.88 Å². The van der Waals surface area contributed by atoms with Crippen molar-refractivity contribution < 1.29 is 19.6 Å². The van der Waals surface area contributed by atoms with Gasteiger partial charge < -0.3 is 19.6 Å². The van der Waals surface area contributed by atoms with Gasteiger partial charge in [0, 0.05) is 26.2 Å². The molecule has 0 spiro atoms. The van der Waals surface area contributed by atoms with E-state index in [1.807, 2.05) is 19.0 Å². The molecule has 2 N–H and O–H groups in total. The first kappa shape index (κ1) is 19.4. The maximum atomic E-state index is 11.3. The molecule has 10 heteroatoms. The van der Waals surface area contributed by atoms with Gasteiger partial charge in [-0.3, -0.25) is 15.4 Å². The Bertz CT molecular complexity index is 605. The fourth-order valence-corrected chi connectivity index (χ4v) is 1.87. The third-order valence-corrected chi connectivity index (χ3v) is 2.98. The molecule has 0 aliphatic rings. The van der Waals surface area contributed by atoms with Gasteiger partial charge in [0.25, 0.3) is 0 Å². The number of anilines is 2. The van der Waals surface area contributed by atoms with Crippen LogP contribution in [0, 0.1) is 10.1 Å². The minimum Gasteiger partial charge on any atom is -0.473 e. The Balaban J connectivity index is 3.33. The van der Waals surface area contributed by atoms with Crippen LogP contribution in [-0.2, 0) is 0 Å². The van der Waals surface area contributed by atoms with Crippen LogP contribution in [0.15, 0.2) is 6.07 Å². The summed E-state index contributed by atoms with van der Waals surface area (Å²) >= 11 is 0. The van der Waals surface area contributed by atoms with Gasteiger partial charge in [0.2, 0.25) is 11.7 Å². The van der Waals surface area contributed by atoms with E-state index in [1.54, 1.807) is 25.8 Å². The maximum absolute atomic E-state index is 11.3. The Morgan fingerprint density at radius 2 is 2.04 bits per heavy atom. The second-order valence-corrected chi connectivity index (χ2v) is 5.76. The molecule has 1 heterocycles. The van der Waals surface area contributed by atoms with Crippen LogP contribution < -0.4 is 15.0 Å². The van der Waals surface area contributed by atoms with E-state index in [2.05, 4.69) is 10.3 Å². The SMILES string of the molecule is CC(C)Oc1nc(N(C)CCN(C)C)c([N+](=O)[O-])cc1NC(=O)O. The van der Waals surface area contributed by atoms with Crippen LogP contribution in [-0.4, -0.2) is 66.3 Å². The summed E-state index contributed by atoms with van der Waals surface area (Å²) in [5.74, 6) is 0.123. The molecule has 1 amide bonds. The molecule has 24 heavy (non-hydrogen) atoms. The highest BCUT2D eigenvalue weighted by atomic mass is 16.6. The summed E-state index contributed by atoms with van der Waals surface area (Å²) in [6.45, 7) is 4.69. The molecule has 0 aliphatic heterocycles. The summed E-state index contributed by atoms with van der Waals surface area (Å²) in [5, 5.41) is 22.3. The maximum Gasteiger partial charge on any atom is 0.409 e. The fraction of sp³-hybridized carbons (Fsp3) is 0.571. The van der Waals surface area contributed by atoms with E-state index in [0.29, 0.717) is 13.1 Å². The van der Waals surface area contributed by atoms with E-state index in [0.717, 1.165) is 6.07 Å². The Morgan fingerprint density at radius 3 is 2.50 bits per heavy atom. The number of nitro groups is 1. The van der Waals surface area contributed by atoms with E-state index < -0.39 is 11.0 Å². The molecule has 1 rings (SSSR count). The molecular weight excluding hydrogens is 318 g/mol. The lowest BCUT2D eigenvalue weighted by atomic mass is 10.3. The van der Waals surface area contributed by atoms with E-state index in [4.69, 9.17) is 9.84 Å². The van der Waals surface area contributed by atoms with Crippen molar-refractivity contribution in [2.75, 3.05) is 44.4 Å². The second kappa shape index (κ2) is 8.29. The van der Waals surface area contributed by atoms with Gasteiger partial charge in [0.1, 0.15) is 5.69 Å². The first-order valence-corrected chi connectivity index (χ1v) is 7.33. The number of amides is 1. The highest BCUT2D eigenvalue weighted by Crippen LogP contribution is 2.35. The topological polar surface area (TPSA) is 121 Å². The molecule has 134 valence electrons. The number of nitrogens with zero attached hydrogens (tertiary/aromatic N) is 4. The number of aromatic nitrogens is 1. The quantitative estimate of drug-likeness (QED) is 0.543. The van der Waals surface area contributed by atoms with Crippen molar-refractivity contribution in [2.24, 2.45) is 0 Å². The van der Waals surface area contributed by atoms with Crippen LogP contribution in [0.5, 0.6) is 5.88 Å². The summed E-state index contributed by atoms with van der Waals surface area (Å²) in [6.07, 6.45) is -1.62. The molecule has 0 aromatic carbocycles. The summed E-state index contributed by atoms with van der Waals surface area (Å²) < 4.78 is 5.50. The smallest absolute Gasteiger partial charge is 0.409 e. The van der Waals surface area contributed by atoms with Gasteiger partial charge >= 0.3 is 11.8 Å². The van der Waals surface area contributed by atoms with Crippen LogP contribution in [0.1, 0.15) is 13.8 Å². The van der Waals surface area contributed by atoms with Crippen LogP contribution in [0.4, 0.5) is 22.0 Å². The van der Waals surface area contributed by atoms with Gasteiger partial charge in [-0.15, -0.1) is 0 Å². The lowest BCUT2D eigenvalue weighted by molar-refractivity contribution is -0.384. The van der Waals surface area contributed by atoms with Gasteiger partial charge in [0.15, 0.2) is 0 Å². The number of pyridine rings is 1. The van der Waals surface area contributed by atoms with Crippen LogP contribution in [0.3, 0.4) is 0 Å². The summed E-state index contributed by atoms with van der Waals surface area (Å²) in [5.41, 5.74) is -0.358. The highest BCUT2D eigenvalue weighted by Gasteiger charge is 2.25. The van der Waals surface area contributed by atoms with Gasteiger partial charge in [0.05, 0.1) is 11.0 Å². The standard InChI is InChI=1S/C14H23N5O5/c1-9(2)24-13-10(15-14(20)21)8-11(19(22)23)12(16-13)18(5)7-6-17(3)4/h8-9,15H,6-7H2,1-5H3,(H,20,21). The minimum absolute atomic E-state index is 0.00435. The van der Waals surface area contributed by atoms with Crippen molar-refractivity contribution in [3.8, 4) is 5.88 Å². The Hall–Kier alpha value is -2.62. The van der Waals surface area contributed by atoms with Crippen molar-refractivity contribution in [3.05, 3.63) is 16.2 Å². The number of carbonyl (C=O) groups is 1. The lowest BCUT2D eigenvalue weighted by Crippen LogP contribution is -2.29. The van der Waals surface area contributed by atoms with E-state index in [-0.39, 0.29) is 29.2 Å². The summed E-state index contributed by atoms with van der Waals surface area (Å²) in [4.78, 5) is 29.4. The molecule has 10 nitrogen and oxygen atoms in total. The average molecular weight is 341 g/mol. The largest absolute Gasteiger partial charge is 0.473 e. The predicted molar refractivity (Wildman–Crippen MR) is 90.1 cm³/mol. The molecule has 1 aromatic rings. The Labute approximate surface area is 140 Å². The zero-order chi connectivity index (χ0) is 18.4. The summed E-state index contributed by atoms with van der Waals surface area (Å²) in [7, 11) is 5.47. The number of carboxylic acid groups (broad SMARTS) is 1. The zero-order valence-electron chi connectivity index (χ0n) is 14.4. The Morgan fingerprint density at radius 1 is 1.42 bits per heavy atom. The molecule has 0 unspecified atom stereocenters. The summed E-state index contributed by atoms with van der Waals surface area (Å²) in [6, 6.07) is 1.13. The van der Waals surface area contributed by atoms with E-state index in [9.17, 15) is 14.9 Å². The molecule has 0 radical (unpaired) electrons. The molecule has 0 bridgehead atoms. The van der Waals surface area contributed by atoms with Crippen molar-refractivity contribution in [1.29, 1.82) is 0 Å². The molecule has 0 aliphatic carbocycles. The van der Waals surface area contributed by atoms with Crippen LogP contribution >= 0.6 is 0 Å². The molecule has 0 saturated carbocycles. The number of ether oxygens (including phenoxy) is 1. The third-order valence-electron chi connectivity index (χ3n) is 2.98. The first-order chi connectivity index (χ1) is 11.1. The number of hydrogen-bond acceptors (Lipinski definition) is 7. The highest BCUT2D eigenvalue weighted by molar-refractivity contribution is 5.86. The lowest BCUT2D eigenvalue weighted by Gasteiger charge is -2.22. The number of rotatable bonds is 8. The molecule has 0 atom stereocenters. The Kier molecular flexibility index (Phi) is 6.71. The number of nitrogens with one attached hydrogen (secondary N) is 1. The van der Waals surface area contributed by atoms with Crippen LogP contribution in [0.2, 0.25) is 0 Å². The third kappa shape index (κ3) is 5.54. The monoisotopic (exact) mass is 341 g/mol. The average Bonchev–Trinajstić information content (AvgIpc) is 2.44. The van der Waals surface area contributed by atoms with E-state index in [1.165, 1.54) is 0 Å². The van der Waals surface area contributed by atoms with Gasteiger partial charge in [-0.25, -0.2) is 4.79 Å². The number of hydrogen-bond donors (Lipinski definition) is 2. The van der Waals surface area contributed by atoms with Crippen molar-refractivity contribution >= 4 is 23.3 Å². The molecular formula is C14H23N5O5. The van der Waals surface area contributed by atoms with Gasteiger partial charge in [-0.1, -0.05) is 0 Å². The first-order valence-electron chi connectivity index (χ1n) is 7.33. The second-order valence-electron chi connectivity index (χ2n) is 5.76.